The molecule has 5 rings (SSSR count). The van der Waals surface area contributed by atoms with Crippen LogP contribution in [-0.4, -0.2) is 68.9 Å². The molecule has 1 amide bonds. The predicted octanol–water partition coefficient (Wildman–Crippen LogP) is 6.73. The summed E-state index contributed by atoms with van der Waals surface area (Å²) < 4.78 is 96.0. The molecular formula is C36H39F3N4O7S. The third kappa shape index (κ3) is 8.82. The van der Waals surface area contributed by atoms with Crippen molar-refractivity contribution in [2.75, 3.05) is 38.2 Å². The summed E-state index contributed by atoms with van der Waals surface area (Å²) in [6, 6.07) is 13.4. The number of nitrogens with zero attached hydrogens (tertiary/aromatic N) is 4. The SMILES string of the molecule is COc1ccc(CN(c2ncccn2)S(=O)(=O)c2cc(F)c(OC[C@H]3CN(C(=O)OC(C)(C)C)CC[C@@H]3c3ccc(F)cc3)cc2F)c(OC)c1. The monoisotopic (exact) mass is 728 g/mol. The number of halogens is 3. The van der Waals surface area contributed by atoms with Gasteiger partial charge in [-0.05, 0) is 69.0 Å². The van der Waals surface area contributed by atoms with Gasteiger partial charge in [-0.2, -0.15) is 0 Å². The molecule has 0 saturated carbocycles. The van der Waals surface area contributed by atoms with Crippen LogP contribution < -0.4 is 18.5 Å². The number of sulfonamides is 1. The summed E-state index contributed by atoms with van der Waals surface area (Å²) in [7, 11) is -1.96. The average Bonchev–Trinajstić information content (AvgIpc) is 3.10. The molecule has 11 nitrogen and oxygen atoms in total. The Morgan fingerprint density at radius 3 is 2.29 bits per heavy atom. The van der Waals surface area contributed by atoms with E-state index in [1.54, 1.807) is 51.1 Å². The lowest BCUT2D eigenvalue weighted by Gasteiger charge is -2.39. The number of likely N-dealkylation sites (tertiary alicyclic amines) is 1. The highest BCUT2D eigenvalue weighted by Gasteiger charge is 2.36. The molecule has 0 spiro atoms. The summed E-state index contributed by atoms with van der Waals surface area (Å²) in [6.45, 7) is 5.20. The number of rotatable bonds is 11. The molecule has 0 radical (unpaired) electrons. The first kappa shape index (κ1) is 37.2. The maximum atomic E-state index is 15.8. The van der Waals surface area contributed by atoms with Crippen molar-refractivity contribution in [3.63, 3.8) is 0 Å². The third-order valence-electron chi connectivity index (χ3n) is 8.27. The van der Waals surface area contributed by atoms with E-state index in [1.807, 2.05) is 0 Å². The number of benzene rings is 3. The molecule has 0 N–H and O–H groups in total. The fraction of sp³-hybridized carbons (Fsp3) is 0.361. The standard InChI is InChI=1S/C36H39F3N4O7S/c1-36(2,3)50-35(44)42-16-13-28(23-7-10-26(37)11-8-23)25(20-42)22-49-32-18-30(39)33(19-29(32)38)51(45,46)43(34-40-14-6-15-41-34)21-24-9-12-27(47-4)17-31(24)48-5/h6-12,14-15,17-19,25,28H,13,16,20-22H2,1-5H3/t25-,28-/m1/s1. The molecule has 1 aromatic heterocycles. The molecule has 4 aromatic rings. The lowest BCUT2D eigenvalue weighted by atomic mass is 9.81. The molecule has 3 aromatic carbocycles. The van der Waals surface area contributed by atoms with E-state index in [0.717, 1.165) is 9.87 Å². The molecule has 0 aliphatic carbocycles. The minimum Gasteiger partial charge on any atom is -0.497 e. The molecule has 51 heavy (non-hydrogen) atoms. The largest absolute Gasteiger partial charge is 0.497 e. The molecule has 2 heterocycles. The predicted molar refractivity (Wildman–Crippen MR) is 182 cm³/mol. The van der Waals surface area contributed by atoms with Crippen LogP contribution in [0.4, 0.5) is 23.9 Å². The summed E-state index contributed by atoms with van der Waals surface area (Å²) in [4.78, 5) is 21.6. The van der Waals surface area contributed by atoms with Crippen molar-refractivity contribution in [1.29, 1.82) is 0 Å². The number of anilines is 1. The zero-order valence-corrected chi connectivity index (χ0v) is 29.6. The fourth-order valence-corrected chi connectivity index (χ4v) is 7.21. The van der Waals surface area contributed by atoms with Crippen LogP contribution in [-0.2, 0) is 21.3 Å². The lowest BCUT2D eigenvalue weighted by Crippen LogP contribution is -2.46. The van der Waals surface area contributed by atoms with E-state index in [0.29, 0.717) is 36.4 Å². The Morgan fingerprint density at radius 2 is 1.65 bits per heavy atom. The second-order valence-electron chi connectivity index (χ2n) is 12.9. The normalized spacial score (nSPS) is 16.4. The molecule has 1 fully saturated rings. The Morgan fingerprint density at radius 1 is 0.941 bits per heavy atom. The van der Waals surface area contributed by atoms with E-state index in [9.17, 15) is 17.6 Å². The van der Waals surface area contributed by atoms with Crippen LogP contribution in [0.3, 0.4) is 0 Å². The van der Waals surface area contributed by atoms with E-state index in [4.69, 9.17) is 18.9 Å². The van der Waals surface area contributed by atoms with Gasteiger partial charge in [-0.15, -0.1) is 0 Å². The first-order valence-corrected chi connectivity index (χ1v) is 17.5. The first-order chi connectivity index (χ1) is 24.2. The first-order valence-electron chi connectivity index (χ1n) is 16.1. The highest BCUT2D eigenvalue weighted by atomic mass is 32.2. The van der Waals surface area contributed by atoms with E-state index in [2.05, 4.69) is 9.97 Å². The Labute approximate surface area is 295 Å². The number of hydrogen-bond donors (Lipinski definition) is 0. The van der Waals surface area contributed by atoms with E-state index in [1.165, 1.54) is 49.7 Å². The van der Waals surface area contributed by atoms with E-state index < -0.39 is 55.7 Å². The molecule has 2 atom stereocenters. The Bertz CT molecular complexity index is 1950. The quantitative estimate of drug-likeness (QED) is 0.166. The van der Waals surface area contributed by atoms with Gasteiger partial charge in [-0.25, -0.2) is 40.7 Å². The molecule has 272 valence electrons. The summed E-state index contributed by atoms with van der Waals surface area (Å²) in [5.41, 5.74) is 0.431. The Kier molecular flexibility index (Phi) is 11.3. The van der Waals surface area contributed by atoms with Gasteiger partial charge in [0.25, 0.3) is 10.0 Å². The van der Waals surface area contributed by atoms with Crippen molar-refractivity contribution in [2.24, 2.45) is 5.92 Å². The van der Waals surface area contributed by atoms with Gasteiger partial charge in [0.05, 0.1) is 27.4 Å². The number of piperidine rings is 1. The molecule has 0 unspecified atom stereocenters. The smallest absolute Gasteiger partial charge is 0.410 e. The van der Waals surface area contributed by atoms with Gasteiger partial charge in [0, 0.05) is 55.2 Å². The maximum Gasteiger partial charge on any atom is 0.410 e. The van der Waals surface area contributed by atoms with Gasteiger partial charge in [-0.1, -0.05) is 12.1 Å². The molecule has 0 bridgehead atoms. The number of carbonyl (C=O) groups excluding carboxylic acids is 1. The second-order valence-corrected chi connectivity index (χ2v) is 14.7. The van der Waals surface area contributed by atoms with Crippen molar-refractivity contribution >= 4 is 22.1 Å². The van der Waals surface area contributed by atoms with Crippen molar-refractivity contribution in [3.8, 4) is 17.2 Å². The molecule has 15 heteroatoms. The Balaban J connectivity index is 1.42. The maximum absolute atomic E-state index is 15.8. The molecule has 1 saturated heterocycles. The highest BCUT2D eigenvalue weighted by Crippen LogP contribution is 2.36. The summed E-state index contributed by atoms with van der Waals surface area (Å²) in [6.07, 6.45) is 2.58. The number of ether oxygens (including phenoxy) is 4. The topological polar surface area (TPSA) is 120 Å². The van der Waals surface area contributed by atoms with Crippen molar-refractivity contribution in [3.05, 3.63) is 102 Å². The highest BCUT2D eigenvalue weighted by molar-refractivity contribution is 7.92. The van der Waals surface area contributed by atoms with Gasteiger partial charge in [0.2, 0.25) is 5.95 Å². The molecular weight excluding hydrogens is 689 g/mol. The number of methoxy groups -OCH3 is 2. The molecule has 1 aliphatic heterocycles. The zero-order valence-electron chi connectivity index (χ0n) is 28.8. The van der Waals surface area contributed by atoms with Crippen LogP contribution in [0.15, 0.2) is 78.0 Å². The Hall–Kier alpha value is -5.05. The van der Waals surface area contributed by atoms with Crippen LogP contribution >= 0.6 is 0 Å². The second kappa shape index (κ2) is 15.5. The van der Waals surface area contributed by atoms with Crippen molar-refractivity contribution in [1.82, 2.24) is 14.9 Å². The lowest BCUT2D eigenvalue weighted by molar-refractivity contribution is 0.0110. The average molecular weight is 729 g/mol. The van der Waals surface area contributed by atoms with Crippen LogP contribution in [0.5, 0.6) is 17.2 Å². The number of amides is 1. The fourth-order valence-electron chi connectivity index (χ4n) is 5.80. The van der Waals surface area contributed by atoms with Gasteiger partial charge < -0.3 is 23.8 Å². The van der Waals surface area contributed by atoms with Crippen LogP contribution in [0.2, 0.25) is 0 Å². The number of carbonyl (C=O) groups is 1. The van der Waals surface area contributed by atoms with Crippen molar-refractivity contribution < 1.29 is 45.3 Å². The number of aromatic nitrogens is 2. The van der Waals surface area contributed by atoms with Gasteiger partial charge in [0.1, 0.15) is 33.6 Å². The zero-order chi connectivity index (χ0) is 36.9. The van der Waals surface area contributed by atoms with Crippen molar-refractivity contribution in [2.45, 2.75) is 50.2 Å². The summed E-state index contributed by atoms with van der Waals surface area (Å²) >= 11 is 0. The summed E-state index contributed by atoms with van der Waals surface area (Å²) in [5, 5.41) is 0. The van der Waals surface area contributed by atoms with Gasteiger partial charge >= 0.3 is 6.09 Å². The van der Waals surface area contributed by atoms with Crippen LogP contribution in [0.1, 0.15) is 44.2 Å². The van der Waals surface area contributed by atoms with Crippen LogP contribution in [0, 0.1) is 23.4 Å². The third-order valence-corrected chi connectivity index (χ3v) is 10.0. The van der Waals surface area contributed by atoms with Crippen LogP contribution in [0.25, 0.3) is 0 Å². The number of hydrogen-bond acceptors (Lipinski definition) is 9. The molecule has 1 aliphatic rings. The van der Waals surface area contributed by atoms with Gasteiger partial charge in [0.15, 0.2) is 11.6 Å². The van der Waals surface area contributed by atoms with E-state index in [-0.39, 0.29) is 37.3 Å². The van der Waals surface area contributed by atoms with Gasteiger partial charge in [-0.3, -0.25) is 0 Å². The minimum atomic E-state index is -4.82. The summed E-state index contributed by atoms with van der Waals surface area (Å²) in [5.74, 6) is -3.54. The van der Waals surface area contributed by atoms with E-state index >= 15 is 8.78 Å². The minimum absolute atomic E-state index is 0.161.